The zero-order chi connectivity index (χ0) is 23.6. The molecule has 0 saturated heterocycles. The Morgan fingerprint density at radius 1 is 0.969 bits per heavy atom. The number of allylic oxidation sites excluding steroid dienone is 1. The van der Waals surface area contributed by atoms with E-state index in [1.165, 1.54) is 13.4 Å². The van der Waals surface area contributed by atoms with E-state index >= 15 is 0 Å². The number of sulfone groups is 1. The highest BCUT2D eigenvalue weighted by atomic mass is 32.2. The molecular formula is C25H32O5SSi. The Morgan fingerprint density at radius 2 is 1.47 bits per heavy atom. The Balaban J connectivity index is 2.22. The van der Waals surface area contributed by atoms with Crippen molar-refractivity contribution in [1.29, 1.82) is 0 Å². The maximum absolute atomic E-state index is 12.7. The zero-order valence-electron chi connectivity index (χ0n) is 19.4. The van der Waals surface area contributed by atoms with Gasteiger partial charge >= 0.3 is 5.97 Å². The Kier molecular flexibility index (Phi) is 7.12. The first-order chi connectivity index (χ1) is 15.0. The van der Waals surface area contributed by atoms with E-state index < -0.39 is 30.2 Å². The van der Waals surface area contributed by atoms with Crippen LogP contribution >= 0.6 is 0 Å². The molecule has 1 aliphatic rings. The maximum atomic E-state index is 12.7. The van der Waals surface area contributed by atoms with Gasteiger partial charge in [-0.15, -0.1) is 0 Å². The molecule has 32 heavy (non-hydrogen) atoms. The molecule has 2 atom stereocenters. The summed E-state index contributed by atoms with van der Waals surface area (Å²) in [6.07, 6.45) is 2.72. The molecule has 172 valence electrons. The largest absolute Gasteiger partial charge is 0.469 e. The van der Waals surface area contributed by atoms with Gasteiger partial charge in [0.1, 0.15) is 0 Å². The van der Waals surface area contributed by atoms with E-state index in [1.54, 1.807) is 6.08 Å². The average Bonchev–Trinajstić information content (AvgIpc) is 2.76. The highest BCUT2D eigenvalue weighted by Crippen LogP contribution is 2.41. The minimum absolute atomic E-state index is 0.255. The Morgan fingerprint density at radius 3 is 1.88 bits per heavy atom. The van der Waals surface area contributed by atoms with Gasteiger partial charge in [0, 0.05) is 6.26 Å². The van der Waals surface area contributed by atoms with E-state index in [2.05, 4.69) is 45.0 Å². The van der Waals surface area contributed by atoms with Gasteiger partial charge in [0.2, 0.25) is 0 Å². The molecule has 0 heterocycles. The number of hydrogen-bond donors (Lipinski definition) is 0. The van der Waals surface area contributed by atoms with Crippen molar-refractivity contribution in [3.8, 4) is 0 Å². The summed E-state index contributed by atoms with van der Waals surface area (Å²) in [4.78, 5) is 12.6. The number of methoxy groups -OCH3 is 1. The van der Waals surface area contributed by atoms with Crippen LogP contribution in [0, 0.1) is 5.92 Å². The number of carbonyl (C=O) groups excluding carboxylic acids is 1. The molecule has 0 aromatic heterocycles. The first-order valence-electron chi connectivity index (χ1n) is 10.8. The van der Waals surface area contributed by atoms with Gasteiger partial charge in [0.25, 0.3) is 8.32 Å². The van der Waals surface area contributed by atoms with E-state index in [0.717, 1.165) is 10.4 Å². The van der Waals surface area contributed by atoms with Gasteiger partial charge in [0.15, 0.2) is 9.84 Å². The summed E-state index contributed by atoms with van der Waals surface area (Å²) in [6.45, 7) is 6.43. The lowest BCUT2D eigenvalue weighted by molar-refractivity contribution is -0.146. The van der Waals surface area contributed by atoms with Gasteiger partial charge in [0.05, 0.1) is 24.0 Å². The molecule has 2 aromatic carbocycles. The molecule has 3 rings (SSSR count). The van der Waals surface area contributed by atoms with E-state index in [9.17, 15) is 13.2 Å². The summed E-state index contributed by atoms with van der Waals surface area (Å²) in [5.74, 6) is -0.779. The van der Waals surface area contributed by atoms with E-state index in [4.69, 9.17) is 9.16 Å². The predicted molar refractivity (Wildman–Crippen MR) is 130 cm³/mol. The maximum Gasteiger partial charge on any atom is 0.309 e. The molecule has 0 saturated carbocycles. The molecule has 0 amide bonds. The third-order valence-corrected chi connectivity index (χ3v) is 12.4. The van der Waals surface area contributed by atoms with Crippen LogP contribution in [-0.2, 0) is 23.8 Å². The van der Waals surface area contributed by atoms with Crippen LogP contribution in [0.5, 0.6) is 0 Å². The summed E-state index contributed by atoms with van der Waals surface area (Å²) in [5, 5.41) is 1.81. The molecule has 2 aromatic rings. The summed E-state index contributed by atoms with van der Waals surface area (Å²) in [6, 6.07) is 20.1. The second-order valence-electron chi connectivity index (χ2n) is 9.34. The van der Waals surface area contributed by atoms with Crippen LogP contribution in [0.4, 0.5) is 0 Å². The first kappa shape index (κ1) is 24.4. The predicted octanol–water partition coefficient (Wildman–Crippen LogP) is 3.44. The molecule has 0 bridgehead atoms. The molecule has 0 fully saturated rings. The van der Waals surface area contributed by atoms with Crippen molar-refractivity contribution in [3.05, 3.63) is 71.6 Å². The number of rotatable bonds is 6. The number of ether oxygens (including phenoxy) is 1. The fourth-order valence-electron chi connectivity index (χ4n) is 4.62. The number of esters is 1. The third-order valence-electron chi connectivity index (χ3n) is 6.12. The number of benzene rings is 2. The lowest BCUT2D eigenvalue weighted by Gasteiger charge is -2.46. The van der Waals surface area contributed by atoms with Gasteiger partial charge in [-0.05, 0) is 28.3 Å². The SMILES string of the molecule is COC(=O)[C@@H]1CC=C(S(C)(=O)=O)[C@H](O[Si](c2ccccc2)(c2ccccc2)C(C)(C)C)C1. The van der Waals surface area contributed by atoms with Crippen LogP contribution < -0.4 is 10.4 Å². The van der Waals surface area contributed by atoms with Crippen molar-refractivity contribution in [3.63, 3.8) is 0 Å². The van der Waals surface area contributed by atoms with Crippen LogP contribution in [0.1, 0.15) is 33.6 Å². The lowest BCUT2D eigenvalue weighted by Crippen LogP contribution is -2.68. The van der Waals surface area contributed by atoms with Crippen LogP contribution in [0.15, 0.2) is 71.6 Å². The molecule has 0 aliphatic heterocycles. The van der Waals surface area contributed by atoms with Crippen molar-refractivity contribution in [2.24, 2.45) is 5.92 Å². The molecule has 0 spiro atoms. The highest BCUT2D eigenvalue weighted by Gasteiger charge is 2.53. The first-order valence-corrected chi connectivity index (χ1v) is 14.6. The molecule has 7 heteroatoms. The van der Waals surface area contributed by atoms with Crippen LogP contribution in [0.25, 0.3) is 0 Å². The van der Waals surface area contributed by atoms with Gasteiger partial charge in [-0.2, -0.15) is 0 Å². The van der Waals surface area contributed by atoms with Gasteiger partial charge < -0.3 is 9.16 Å². The second-order valence-corrected chi connectivity index (χ2v) is 15.6. The topological polar surface area (TPSA) is 69.7 Å². The van der Waals surface area contributed by atoms with Gasteiger partial charge in [-0.1, -0.05) is 87.5 Å². The van der Waals surface area contributed by atoms with Crippen molar-refractivity contribution >= 4 is 34.5 Å². The summed E-state index contributed by atoms with van der Waals surface area (Å²) >= 11 is 0. The molecule has 0 N–H and O–H groups in total. The summed E-state index contributed by atoms with van der Waals surface area (Å²) < 4.78 is 37.4. The smallest absolute Gasteiger partial charge is 0.309 e. The van der Waals surface area contributed by atoms with Crippen molar-refractivity contribution in [2.45, 2.75) is 44.8 Å². The Labute approximate surface area is 192 Å². The Hall–Kier alpha value is -2.22. The molecule has 0 unspecified atom stereocenters. The van der Waals surface area contributed by atoms with Crippen LogP contribution in [0.3, 0.4) is 0 Å². The number of hydrogen-bond acceptors (Lipinski definition) is 5. The fourth-order valence-corrected chi connectivity index (χ4v) is 10.4. The number of carbonyl (C=O) groups is 1. The summed E-state index contributed by atoms with van der Waals surface area (Å²) in [5.41, 5.74) is 0. The quantitative estimate of drug-likeness (QED) is 0.476. The minimum atomic E-state index is -3.51. The zero-order valence-corrected chi connectivity index (χ0v) is 21.2. The molecule has 5 nitrogen and oxygen atoms in total. The van der Waals surface area contributed by atoms with Crippen molar-refractivity contribution in [1.82, 2.24) is 0 Å². The second kappa shape index (κ2) is 9.33. The molecular weight excluding hydrogens is 440 g/mol. The van der Waals surface area contributed by atoms with E-state index in [-0.39, 0.29) is 22.3 Å². The normalized spacial score (nSPS) is 19.8. The fraction of sp³-hybridized carbons (Fsp3) is 0.400. The van der Waals surface area contributed by atoms with Crippen LogP contribution in [0.2, 0.25) is 5.04 Å². The lowest BCUT2D eigenvalue weighted by atomic mass is 9.92. The minimum Gasteiger partial charge on any atom is -0.469 e. The highest BCUT2D eigenvalue weighted by molar-refractivity contribution is 7.94. The van der Waals surface area contributed by atoms with Gasteiger partial charge in [-0.3, -0.25) is 4.79 Å². The Bertz CT molecular complexity index is 1030. The standard InChI is InChI=1S/C25H32O5SSi/c1-25(2,3)32(20-12-8-6-9-13-20,21-14-10-7-11-15-21)30-22-18-19(24(26)29-4)16-17-23(22)31(5,27)28/h6-15,17,19,22H,16,18H2,1-5H3/t19-,22-/m1/s1. The monoisotopic (exact) mass is 472 g/mol. The van der Waals surface area contributed by atoms with E-state index in [1.807, 2.05) is 36.4 Å². The van der Waals surface area contributed by atoms with Crippen LogP contribution in [-0.4, -0.2) is 42.2 Å². The summed E-state index contributed by atoms with van der Waals surface area (Å²) in [7, 11) is -5.14. The van der Waals surface area contributed by atoms with Gasteiger partial charge in [-0.25, -0.2) is 8.42 Å². The third kappa shape index (κ3) is 4.75. The van der Waals surface area contributed by atoms with Crippen molar-refractivity contribution in [2.75, 3.05) is 13.4 Å². The van der Waals surface area contributed by atoms with Crippen molar-refractivity contribution < 1.29 is 22.4 Å². The average molecular weight is 473 g/mol. The molecule has 0 radical (unpaired) electrons. The molecule has 1 aliphatic carbocycles. The van der Waals surface area contributed by atoms with E-state index in [0.29, 0.717) is 6.42 Å².